The van der Waals surface area contributed by atoms with Gasteiger partial charge in [0.05, 0.1) is 22.6 Å². The molecule has 1 aliphatic heterocycles. The molecule has 4 nitrogen and oxygen atoms in total. The summed E-state index contributed by atoms with van der Waals surface area (Å²) in [6.45, 7) is 1.46. The lowest BCUT2D eigenvalue weighted by Gasteiger charge is -2.36. The van der Waals surface area contributed by atoms with Gasteiger partial charge in [-0.25, -0.2) is 0 Å². The highest BCUT2D eigenvalue weighted by molar-refractivity contribution is 6.42. The maximum absolute atomic E-state index is 11.1. The Kier molecular flexibility index (Phi) is 3.93. The number of hydrogen-bond donors (Lipinski definition) is 1. The second-order valence-corrected chi connectivity index (χ2v) is 5.88. The zero-order chi connectivity index (χ0) is 15.0. The molecule has 3 rings (SSSR count). The minimum Gasteiger partial charge on any atom is -0.480 e. The van der Waals surface area contributed by atoms with E-state index in [1.807, 2.05) is 35.4 Å². The summed E-state index contributed by atoms with van der Waals surface area (Å²) >= 11 is 12.1. The van der Waals surface area contributed by atoms with Crippen LogP contribution in [0.25, 0.3) is 0 Å². The van der Waals surface area contributed by atoms with E-state index >= 15 is 0 Å². The first-order valence-electron chi connectivity index (χ1n) is 6.62. The second-order valence-electron chi connectivity index (χ2n) is 5.07. The van der Waals surface area contributed by atoms with Crippen LogP contribution in [0.3, 0.4) is 0 Å². The molecule has 110 valence electrons. The molecule has 1 aliphatic rings. The van der Waals surface area contributed by atoms with Gasteiger partial charge in [-0.3, -0.25) is 9.69 Å². The van der Waals surface area contributed by atoms with Crippen molar-refractivity contribution >= 4 is 29.2 Å². The summed E-state index contributed by atoms with van der Waals surface area (Å²) in [6, 6.07) is 9.33. The van der Waals surface area contributed by atoms with Crippen molar-refractivity contribution in [2.45, 2.75) is 12.6 Å². The molecule has 0 bridgehead atoms. The van der Waals surface area contributed by atoms with Gasteiger partial charge in [0.1, 0.15) is 0 Å². The number of benzene rings is 1. The first-order valence-corrected chi connectivity index (χ1v) is 7.37. The maximum atomic E-state index is 11.1. The number of aromatic nitrogens is 1. The summed E-state index contributed by atoms with van der Waals surface area (Å²) in [5.41, 5.74) is 2.02. The molecule has 1 N–H and O–H groups in total. The molecule has 0 saturated carbocycles. The number of hydrogen-bond acceptors (Lipinski definition) is 2. The molecular formula is C15H14Cl2N2O2. The monoisotopic (exact) mass is 324 g/mol. The number of rotatable bonds is 3. The van der Waals surface area contributed by atoms with Gasteiger partial charge in [-0.15, -0.1) is 0 Å². The quantitative estimate of drug-likeness (QED) is 0.942. The van der Waals surface area contributed by atoms with Gasteiger partial charge in [0.25, 0.3) is 0 Å². The molecule has 0 amide bonds. The van der Waals surface area contributed by atoms with E-state index < -0.39 is 5.97 Å². The van der Waals surface area contributed by atoms with Gasteiger partial charge in [-0.1, -0.05) is 29.3 Å². The summed E-state index contributed by atoms with van der Waals surface area (Å²) in [4.78, 5) is 13.1. The number of halogens is 2. The van der Waals surface area contributed by atoms with Crippen LogP contribution in [0.2, 0.25) is 10.0 Å². The standard InChI is InChI=1S/C15H14Cl2N2O2/c16-11-4-3-10(8-12(11)17)15-13-2-1-5-18(13)6-7-19(15)9-14(20)21/h1-5,8,15H,6-7,9H2,(H,20,21). The highest BCUT2D eigenvalue weighted by Crippen LogP contribution is 2.35. The van der Waals surface area contributed by atoms with Crippen molar-refractivity contribution in [1.82, 2.24) is 9.47 Å². The number of carboxylic acid groups (broad SMARTS) is 1. The van der Waals surface area contributed by atoms with E-state index in [0.717, 1.165) is 17.8 Å². The summed E-state index contributed by atoms with van der Waals surface area (Å²) in [5, 5.41) is 10.1. The minimum atomic E-state index is -0.833. The predicted molar refractivity (Wildman–Crippen MR) is 81.9 cm³/mol. The number of aliphatic carboxylic acids is 1. The largest absolute Gasteiger partial charge is 0.480 e. The third-order valence-electron chi connectivity index (χ3n) is 3.74. The van der Waals surface area contributed by atoms with Gasteiger partial charge >= 0.3 is 5.97 Å². The topological polar surface area (TPSA) is 45.5 Å². The van der Waals surface area contributed by atoms with Gasteiger partial charge in [0.2, 0.25) is 0 Å². The van der Waals surface area contributed by atoms with Crippen molar-refractivity contribution in [1.29, 1.82) is 0 Å². The van der Waals surface area contributed by atoms with Crippen molar-refractivity contribution in [3.05, 3.63) is 57.8 Å². The van der Waals surface area contributed by atoms with E-state index in [9.17, 15) is 4.79 Å². The van der Waals surface area contributed by atoms with Crippen LogP contribution in [0.4, 0.5) is 0 Å². The van der Waals surface area contributed by atoms with Crippen LogP contribution in [-0.4, -0.2) is 33.6 Å². The molecule has 0 aliphatic carbocycles. The van der Waals surface area contributed by atoms with Gasteiger partial charge in [0, 0.05) is 25.0 Å². The van der Waals surface area contributed by atoms with Crippen LogP contribution < -0.4 is 0 Å². The van der Waals surface area contributed by atoms with Crippen molar-refractivity contribution in [2.24, 2.45) is 0 Å². The average molecular weight is 325 g/mol. The fraction of sp³-hybridized carbons (Fsp3) is 0.267. The molecule has 1 aromatic carbocycles. The Hall–Kier alpha value is -1.49. The van der Waals surface area contributed by atoms with Gasteiger partial charge in [0.15, 0.2) is 0 Å². The molecule has 2 heterocycles. The van der Waals surface area contributed by atoms with Crippen LogP contribution in [0.5, 0.6) is 0 Å². The zero-order valence-electron chi connectivity index (χ0n) is 11.2. The van der Waals surface area contributed by atoms with Crippen molar-refractivity contribution in [3.63, 3.8) is 0 Å². The highest BCUT2D eigenvalue weighted by atomic mass is 35.5. The first-order chi connectivity index (χ1) is 10.1. The predicted octanol–water partition coefficient (Wildman–Crippen LogP) is 3.28. The van der Waals surface area contributed by atoms with E-state index in [1.54, 1.807) is 6.07 Å². The Labute approximate surface area is 132 Å². The summed E-state index contributed by atoms with van der Waals surface area (Å²) in [6.07, 6.45) is 2.01. The van der Waals surface area contributed by atoms with Gasteiger partial charge in [-0.05, 0) is 29.8 Å². The number of carboxylic acids is 1. The zero-order valence-corrected chi connectivity index (χ0v) is 12.7. The number of carbonyl (C=O) groups is 1. The summed E-state index contributed by atoms with van der Waals surface area (Å²) in [7, 11) is 0. The third-order valence-corrected chi connectivity index (χ3v) is 4.47. The second kappa shape index (κ2) is 5.72. The first kappa shape index (κ1) is 14.4. The van der Waals surface area contributed by atoms with E-state index in [2.05, 4.69) is 4.57 Å². The lowest BCUT2D eigenvalue weighted by atomic mass is 10.00. The van der Waals surface area contributed by atoms with Crippen LogP contribution in [0.1, 0.15) is 17.3 Å². The lowest BCUT2D eigenvalue weighted by Crippen LogP contribution is -2.41. The van der Waals surface area contributed by atoms with E-state index in [0.29, 0.717) is 16.6 Å². The normalized spacial score (nSPS) is 18.5. The number of fused-ring (bicyclic) bond motifs is 1. The Balaban J connectivity index is 2.05. The summed E-state index contributed by atoms with van der Waals surface area (Å²) < 4.78 is 2.14. The Morgan fingerprint density at radius 2 is 2.05 bits per heavy atom. The molecule has 0 radical (unpaired) electrons. The van der Waals surface area contributed by atoms with Crippen LogP contribution in [0, 0.1) is 0 Å². The molecule has 2 aromatic rings. The SMILES string of the molecule is O=C(O)CN1CCn2cccc2C1c1ccc(Cl)c(Cl)c1. The molecule has 1 atom stereocenters. The van der Waals surface area contributed by atoms with Crippen LogP contribution in [-0.2, 0) is 11.3 Å². The smallest absolute Gasteiger partial charge is 0.317 e. The fourth-order valence-electron chi connectivity index (χ4n) is 2.84. The Morgan fingerprint density at radius 3 is 2.76 bits per heavy atom. The lowest BCUT2D eigenvalue weighted by molar-refractivity contribution is -0.139. The highest BCUT2D eigenvalue weighted by Gasteiger charge is 2.30. The molecule has 1 unspecified atom stereocenters. The van der Waals surface area contributed by atoms with Gasteiger partial charge in [-0.2, -0.15) is 0 Å². The minimum absolute atomic E-state index is 0.00388. The molecule has 0 spiro atoms. The molecule has 21 heavy (non-hydrogen) atoms. The molecule has 6 heteroatoms. The molecule has 0 fully saturated rings. The van der Waals surface area contributed by atoms with Gasteiger partial charge < -0.3 is 9.67 Å². The fourth-order valence-corrected chi connectivity index (χ4v) is 3.15. The number of nitrogens with zero attached hydrogens (tertiary/aromatic N) is 2. The summed E-state index contributed by atoms with van der Waals surface area (Å²) in [5.74, 6) is -0.833. The van der Waals surface area contributed by atoms with E-state index in [1.165, 1.54) is 0 Å². The Morgan fingerprint density at radius 1 is 1.24 bits per heavy atom. The van der Waals surface area contributed by atoms with Crippen LogP contribution >= 0.6 is 23.2 Å². The Bertz CT molecular complexity index is 684. The van der Waals surface area contributed by atoms with Crippen LogP contribution in [0.15, 0.2) is 36.5 Å². The van der Waals surface area contributed by atoms with E-state index in [-0.39, 0.29) is 12.6 Å². The molecule has 1 aromatic heterocycles. The van der Waals surface area contributed by atoms with Crippen molar-refractivity contribution < 1.29 is 9.90 Å². The third kappa shape index (κ3) is 2.79. The average Bonchev–Trinajstić information content (AvgIpc) is 2.89. The molecular weight excluding hydrogens is 311 g/mol. The molecule has 0 saturated heterocycles. The van der Waals surface area contributed by atoms with Crippen molar-refractivity contribution in [2.75, 3.05) is 13.1 Å². The van der Waals surface area contributed by atoms with E-state index in [4.69, 9.17) is 28.3 Å². The maximum Gasteiger partial charge on any atom is 0.317 e. The van der Waals surface area contributed by atoms with Crippen molar-refractivity contribution in [3.8, 4) is 0 Å².